The zero-order valence-electron chi connectivity index (χ0n) is 8.37. The third-order valence-electron chi connectivity index (χ3n) is 2.37. The summed E-state index contributed by atoms with van der Waals surface area (Å²) >= 11 is 1.70. The Morgan fingerprint density at radius 1 is 1.50 bits per heavy atom. The summed E-state index contributed by atoms with van der Waals surface area (Å²) in [5.41, 5.74) is -0.0664. The van der Waals surface area contributed by atoms with E-state index in [0.29, 0.717) is 0 Å². The molecule has 1 N–H and O–H groups in total. The van der Waals surface area contributed by atoms with E-state index < -0.39 is 11.9 Å². The van der Waals surface area contributed by atoms with E-state index in [-0.39, 0.29) is 17.5 Å². The van der Waals surface area contributed by atoms with Crippen LogP contribution >= 0.6 is 11.8 Å². The number of pyridine rings is 1. The second-order valence-corrected chi connectivity index (χ2v) is 4.67. The fourth-order valence-corrected chi connectivity index (χ4v) is 2.70. The van der Waals surface area contributed by atoms with Gasteiger partial charge in [0.15, 0.2) is 0 Å². The molecular formula is C10H10F2N2OS. The average Bonchev–Trinajstić information content (AvgIpc) is 2.75. The Bertz CT molecular complexity index is 408. The molecule has 1 aliphatic rings. The summed E-state index contributed by atoms with van der Waals surface area (Å²) in [5, 5.41) is 2.42. The van der Waals surface area contributed by atoms with Gasteiger partial charge >= 0.3 is 0 Å². The number of carbonyl (C=O) groups is 1. The lowest BCUT2D eigenvalue weighted by atomic mass is 10.1. The van der Waals surface area contributed by atoms with E-state index in [9.17, 15) is 13.6 Å². The predicted octanol–water partition coefficient (Wildman–Crippen LogP) is 2.05. The topological polar surface area (TPSA) is 42.0 Å². The summed E-state index contributed by atoms with van der Waals surface area (Å²) in [6.45, 7) is 0. The smallest absolute Gasteiger partial charge is 0.239 e. The van der Waals surface area contributed by atoms with Crippen molar-refractivity contribution in [2.45, 2.75) is 6.42 Å². The van der Waals surface area contributed by atoms with Crippen molar-refractivity contribution in [3.63, 3.8) is 0 Å². The van der Waals surface area contributed by atoms with Gasteiger partial charge in [-0.15, -0.1) is 0 Å². The lowest BCUT2D eigenvalue weighted by Crippen LogP contribution is -2.23. The Kier molecular flexibility index (Phi) is 3.38. The first-order valence-corrected chi connectivity index (χ1v) is 6.03. The van der Waals surface area contributed by atoms with Crippen LogP contribution in [0.4, 0.5) is 14.5 Å². The molecule has 0 aliphatic carbocycles. The van der Waals surface area contributed by atoms with Crippen LogP contribution in [0.25, 0.3) is 0 Å². The van der Waals surface area contributed by atoms with Crippen molar-refractivity contribution in [1.29, 1.82) is 0 Å². The summed E-state index contributed by atoms with van der Waals surface area (Å²) < 4.78 is 25.6. The summed E-state index contributed by atoms with van der Waals surface area (Å²) in [4.78, 5) is 14.6. The Hall–Kier alpha value is -1.17. The van der Waals surface area contributed by atoms with E-state index in [1.165, 1.54) is 6.07 Å². The number of thioether (sulfide) groups is 1. The maximum absolute atomic E-state index is 13.1. The van der Waals surface area contributed by atoms with Crippen LogP contribution in [0, 0.1) is 17.8 Å². The molecular weight excluding hydrogens is 234 g/mol. The maximum atomic E-state index is 13.1. The van der Waals surface area contributed by atoms with Gasteiger partial charge in [-0.05, 0) is 24.3 Å². The van der Waals surface area contributed by atoms with Gasteiger partial charge < -0.3 is 5.32 Å². The molecule has 1 saturated heterocycles. The van der Waals surface area contributed by atoms with E-state index >= 15 is 0 Å². The van der Waals surface area contributed by atoms with E-state index in [1.807, 2.05) is 0 Å². The fraction of sp³-hybridized carbons (Fsp3) is 0.400. The molecule has 2 heterocycles. The van der Waals surface area contributed by atoms with Gasteiger partial charge in [-0.2, -0.15) is 25.5 Å². The molecule has 1 aromatic rings. The minimum atomic E-state index is -0.987. The molecule has 2 rings (SSSR count). The van der Waals surface area contributed by atoms with Gasteiger partial charge in [-0.25, -0.2) is 0 Å². The van der Waals surface area contributed by atoms with E-state index in [0.717, 1.165) is 24.0 Å². The van der Waals surface area contributed by atoms with Crippen LogP contribution in [-0.2, 0) is 4.79 Å². The molecule has 86 valence electrons. The van der Waals surface area contributed by atoms with Gasteiger partial charge in [-0.1, -0.05) is 0 Å². The third-order valence-corrected chi connectivity index (χ3v) is 3.54. The standard InChI is InChI=1S/C10H10F2N2OS/c11-8-2-1-7(9(12)14-8)13-10(15)6-3-4-16-5-6/h1-2,6H,3-5H2,(H,13,15). The Labute approximate surface area is 95.6 Å². The average molecular weight is 244 g/mol. The molecule has 0 aromatic carbocycles. The van der Waals surface area contributed by atoms with Crippen LogP contribution in [0.5, 0.6) is 0 Å². The molecule has 0 saturated carbocycles. The number of carbonyl (C=O) groups excluding carboxylic acids is 1. The van der Waals surface area contributed by atoms with Crippen LogP contribution in [0.2, 0.25) is 0 Å². The molecule has 1 aliphatic heterocycles. The van der Waals surface area contributed by atoms with Gasteiger partial charge in [0.1, 0.15) is 0 Å². The van der Waals surface area contributed by atoms with E-state index in [1.54, 1.807) is 11.8 Å². The number of hydrogen-bond donors (Lipinski definition) is 1. The summed E-state index contributed by atoms with van der Waals surface area (Å²) in [6, 6.07) is 2.19. The molecule has 1 amide bonds. The van der Waals surface area contributed by atoms with Gasteiger partial charge in [0.25, 0.3) is 0 Å². The van der Waals surface area contributed by atoms with Crippen LogP contribution in [0.15, 0.2) is 12.1 Å². The first kappa shape index (κ1) is 11.3. The molecule has 0 bridgehead atoms. The molecule has 0 radical (unpaired) electrons. The van der Waals surface area contributed by atoms with Gasteiger partial charge in [0, 0.05) is 11.7 Å². The first-order valence-electron chi connectivity index (χ1n) is 4.87. The highest BCUT2D eigenvalue weighted by molar-refractivity contribution is 7.99. The van der Waals surface area contributed by atoms with Crippen molar-refractivity contribution in [3.05, 3.63) is 24.0 Å². The third kappa shape index (κ3) is 2.49. The number of nitrogens with zero attached hydrogens (tertiary/aromatic N) is 1. The minimum absolute atomic E-state index is 0.0664. The van der Waals surface area contributed by atoms with Gasteiger partial charge in [-0.3, -0.25) is 4.79 Å². The van der Waals surface area contributed by atoms with Gasteiger partial charge in [0.2, 0.25) is 17.8 Å². The molecule has 0 spiro atoms. The molecule has 1 atom stereocenters. The second-order valence-electron chi connectivity index (χ2n) is 3.52. The number of anilines is 1. The number of nitrogens with one attached hydrogen (secondary N) is 1. The van der Waals surface area contributed by atoms with E-state index in [2.05, 4.69) is 10.3 Å². The minimum Gasteiger partial charge on any atom is -0.322 e. The highest BCUT2D eigenvalue weighted by atomic mass is 32.2. The van der Waals surface area contributed by atoms with Crippen molar-refractivity contribution < 1.29 is 13.6 Å². The van der Waals surface area contributed by atoms with Crippen molar-refractivity contribution in [1.82, 2.24) is 4.98 Å². The highest BCUT2D eigenvalue weighted by Gasteiger charge is 2.24. The largest absolute Gasteiger partial charge is 0.322 e. The molecule has 1 aromatic heterocycles. The fourth-order valence-electron chi connectivity index (χ4n) is 1.48. The second kappa shape index (κ2) is 4.78. The highest BCUT2D eigenvalue weighted by Crippen LogP contribution is 2.25. The molecule has 16 heavy (non-hydrogen) atoms. The number of halogens is 2. The quantitative estimate of drug-likeness (QED) is 0.810. The molecule has 1 fully saturated rings. The zero-order valence-corrected chi connectivity index (χ0v) is 9.19. The van der Waals surface area contributed by atoms with Crippen LogP contribution in [0.3, 0.4) is 0 Å². The van der Waals surface area contributed by atoms with Crippen LogP contribution in [-0.4, -0.2) is 22.4 Å². The summed E-state index contributed by atoms with van der Waals surface area (Å²) in [7, 11) is 0. The van der Waals surface area contributed by atoms with Crippen molar-refractivity contribution >= 4 is 23.4 Å². The number of rotatable bonds is 2. The van der Waals surface area contributed by atoms with Crippen molar-refractivity contribution in [2.75, 3.05) is 16.8 Å². The number of aromatic nitrogens is 1. The normalized spacial score (nSPS) is 19.8. The van der Waals surface area contributed by atoms with E-state index in [4.69, 9.17) is 0 Å². The lowest BCUT2D eigenvalue weighted by molar-refractivity contribution is -0.119. The van der Waals surface area contributed by atoms with Gasteiger partial charge in [0.05, 0.1) is 5.69 Å². The van der Waals surface area contributed by atoms with Crippen LogP contribution in [0.1, 0.15) is 6.42 Å². The lowest BCUT2D eigenvalue weighted by Gasteiger charge is -2.09. The SMILES string of the molecule is O=C(Nc1ccc(F)nc1F)C1CCSC1. The predicted molar refractivity (Wildman–Crippen MR) is 58.2 cm³/mol. The number of hydrogen-bond acceptors (Lipinski definition) is 3. The Morgan fingerprint density at radius 3 is 2.94 bits per heavy atom. The maximum Gasteiger partial charge on any atom is 0.239 e. The molecule has 1 unspecified atom stereocenters. The molecule has 3 nitrogen and oxygen atoms in total. The van der Waals surface area contributed by atoms with Crippen molar-refractivity contribution in [3.8, 4) is 0 Å². The Morgan fingerprint density at radius 2 is 2.31 bits per heavy atom. The van der Waals surface area contributed by atoms with Crippen LogP contribution < -0.4 is 5.32 Å². The van der Waals surface area contributed by atoms with Crippen molar-refractivity contribution in [2.24, 2.45) is 5.92 Å². The molecule has 6 heteroatoms. The zero-order chi connectivity index (χ0) is 11.5. The first-order chi connectivity index (χ1) is 7.66. The summed E-state index contributed by atoms with van der Waals surface area (Å²) in [5.74, 6) is -0.498. The number of amides is 1. The Balaban J connectivity index is 2.05. The monoisotopic (exact) mass is 244 g/mol. The summed E-state index contributed by atoms with van der Waals surface area (Å²) in [6.07, 6.45) is 0.798.